The van der Waals surface area contributed by atoms with Crippen molar-refractivity contribution in [1.82, 2.24) is 40.4 Å². The molecule has 4 aromatic rings. The van der Waals surface area contributed by atoms with E-state index in [1.807, 2.05) is 18.2 Å². The standard InChI is InChI=1S/C38H43FN8O6/c1-20(41-37(50)52-3)35(48)46-15-5-7-30(46)33-40-19-29(44-33)26-13-10-23(18-27(26)39)22-9-12-25-24(17-22)11-14-28-32(25)45-34(43-28)31-8-6-16-47(31)36(49)21(2)42-38(51)53-4/h9-10,12-13,17-21,30-31H,5-8,11,14-16H2,1-4H3,(H,40,44)(H,41,50)(H,42,51)(H,43,45)/t20-,21-,30-,31-/m0/s1. The van der Waals surface area contributed by atoms with Crippen LogP contribution >= 0.6 is 0 Å². The van der Waals surface area contributed by atoms with E-state index in [1.54, 1.807) is 35.9 Å². The van der Waals surface area contributed by atoms with Gasteiger partial charge in [0.1, 0.15) is 29.5 Å². The lowest BCUT2D eigenvalue weighted by Crippen LogP contribution is -2.46. The van der Waals surface area contributed by atoms with Gasteiger partial charge in [0, 0.05) is 29.9 Å². The van der Waals surface area contributed by atoms with Gasteiger partial charge < -0.3 is 39.9 Å². The van der Waals surface area contributed by atoms with Gasteiger partial charge in [-0.25, -0.2) is 23.9 Å². The highest BCUT2D eigenvalue weighted by Crippen LogP contribution is 2.39. The molecule has 53 heavy (non-hydrogen) atoms. The topological polar surface area (TPSA) is 175 Å². The first-order valence-electron chi connectivity index (χ1n) is 17.9. The van der Waals surface area contributed by atoms with Crippen LogP contribution in [-0.2, 0) is 31.9 Å². The van der Waals surface area contributed by atoms with Crippen molar-refractivity contribution in [1.29, 1.82) is 0 Å². The predicted octanol–water partition coefficient (Wildman–Crippen LogP) is 5.19. The number of hydrogen-bond acceptors (Lipinski definition) is 8. The van der Waals surface area contributed by atoms with Gasteiger partial charge in [-0.3, -0.25) is 9.59 Å². The van der Waals surface area contributed by atoms with Crippen molar-refractivity contribution >= 4 is 24.0 Å². The van der Waals surface area contributed by atoms with E-state index in [9.17, 15) is 19.2 Å². The number of alkyl carbamates (subject to hydrolysis) is 2. The Morgan fingerprint density at radius 2 is 1.40 bits per heavy atom. The number of methoxy groups -OCH3 is 2. The SMILES string of the molecule is COC(=O)N[C@@H](C)C(=O)N1CCC[C@H]1c1ncc(-c2ccc(-c3ccc4c(c3)CCc3[nH]c([C@@H]5CCCN5C(=O)[C@H](C)NC(=O)OC)nc3-4)cc2F)[nH]1. The number of carbonyl (C=O) groups excluding carboxylic acids is 4. The molecular formula is C38H43FN8O6. The van der Waals surface area contributed by atoms with E-state index in [0.717, 1.165) is 71.6 Å². The van der Waals surface area contributed by atoms with Crippen molar-refractivity contribution in [3.05, 3.63) is 71.3 Å². The second kappa shape index (κ2) is 14.7. The van der Waals surface area contributed by atoms with Gasteiger partial charge >= 0.3 is 12.2 Å². The first kappa shape index (κ1) is 35.7. The van der Waals surface area contributed by atoms with Crippen LogP contribution in [0, 0.1) is 5.82 Å². The van der Waals surface area contributed by atoms with Crippen molar-refractivity contribution in [3.63, 3.8) is 0 Å². The molecule has 1 aliphatic carbocycles. The number of carbonyl (C=O) groups is 4. The summed E-state index contributed by atoms with van der Waals surface area (Å²) in [6.07, 6.45) is 4.86. The highest BCUT2D eigenvalue weighted by atomic mass is 19.1. The second-order valence-electron chi connectivity index (χ2n) is 13.8. The van der Waals surface area contributed by atoms with Gasteiger partial charge in [-0.2, -0.15) is 0 Å². The number of amides is 4. The van der Waals surface area contributed by atoms with Crippen LogP contribution in [-0.4, -0.2) is 93.1 Å². The van der Waals surface area contributed by atoms with Crippen LogP contribution in [0.5, 0.6) is 0 Å². The fraction of sp³-hybridized carbons (Fsp3) is 0.421. The predicted molar refractivity (Wildman–Crippen MR) is 192 cm³/mol. The van der Waals surface area contributed by atoms with Crippen molar-refractivity contribution in [2.75, 3.05) is 27.3 Å². The summed E-state index contributed by atoms with van der Waals surface area (Å²) >= 11 is 0. The van der Waals surface area contributed by atoms with Gasteiger partial charge in [0.25, 0.3) is 0 Å². The highest BCUT2D eigenvalue weighted by Gasteiger charge is 2.37. The van der Waals surface area contributed by atoms with E-state index in [2.05, 4.69) is 41.1 Å². The summed E-state index contributed by atoms with van der Waals surface area (Å²) in [6.45, 7) is 4.36. The first-order chi connectivity index (χ1) is 25.6. The quantitative estimate of drug-likeness (QED) is 0.192. The molecule has 14 nitrogen and oxygen atoms in total. The minimum absolute atomic E-state index is 0.183. The fourth-order valence-corrected chi connectivity index (χ4v) is 7.74. The number of nitrogens with one attached hydrogen (secondary N) is 4. The molecule has 15 heteroatoms. The van der Waals surface area contributed by atoms with E-state index >= 15 is 4.39 Å². The maximum atomic E-state index is 15.7. The maximum absolute atomic E-state index is 15.7. The second-order valence-corrected chi connectivity index (χ2v) is 13.8. The van der Waals surface area contributed by atoms with Gasteiger partial charge in [-0.15, -0.1) is 0 Å². The highest BCUT2D eigenvalue weighted by molar-refractivity contribution is 5.86. The number of nitrogens with zero attached hydrogens (tertiary/aromatic N) is 4. The fourth-order valence-electron chi connectivity index (χ4n) is 7.74. The van der Waals surface area contributed by atoms with Gasteiger partial charge in [0.05, 0.1) is 43.9 Å². The van der Waals surface area contributed by atoms with Crippen LogP contribution in [0.4, 0.5) is 14.0 Å². The molecule has 2 aromatic heterocycles. The molecule has 4 atom stereocenters. The van der Waals surface area contributed by atoms with Crippen LogP contribution < -0.4 is 10.6 Å². The van der Waals surface area contributed by atoms with Crippen molar-refractivity contribution in [2.45, 2.75) is 76.5 Å². The van der Waals surface area contributed by atoms with Crippen LogP contribution in [0.2, 0.25) is 0 Å². The summed E-state index contributed by atoms with van der Waals surface area (Å²) in [6, 6.07) is 9.19. The number of H-pyrrole nitrogens is 2. The number of ether oxygens (including phenoxy) is 2. The van der Waals surface area contributed by atoms with Crippen LogP contribution in [0.1, 0.15) is 74.5 Å². The minimum Gasteiger partial charge on any atom is -0.453 e. The molecule has 0 unspecified atom stereocenters. The van der Waals surface area contributed by atoms with E-state index in [-0.39, 0.29) is 23.9 Å². The summed E-state index contributed by atoms with van der Waals surface area (Å²) in [5.41, 5.74) is 6.49. The largest absolute Gasteiger partial charge is 0.453 e. The molecule has 0 saturated carbocycles. The number of rotatable bonds is 8. The molecule has 2 fully saturated rings. The molecule has 2 aromatic carbocycles. The number of aromatic amines is 2. The zero-order valence-corrected chi connectivity index (χ0v) is 30.1. The molecule has 7 rings (SSSR count). The summed E-state index contributed by atoms with van der Waals surface area (Å²) in [5, 5.41) is 5.08. The summed E-state index contributed by atoms with van der Waals surface area (Å²) in [5.74, 6) is 0.468. The number of fused-ring (bicyclic) bond motifs is 3. The number of imidazole rings is 2. The Morgan fingerprint density at radius 3 is 2.00 bits per heavy atom. The van der Waals surface area contributed by atoms with E-state index in [4.69, 9.17) is 4.98 Å². The Balaban J connectivity index is 1.06. The Bertz CT molecular complexity index is 2060. The third-order valence-electron chi connectivity index (χ3n) is 10.5. The summed E-state index contributed by atoms with van der Waals surface area (Å²) in [7, 11) is 2.51. The van der Waals surface area contributed by atoms with Crippen LogP contribution in [0.25, 0.3) is 33.6 Å². The Morgan fingerprint density at radius 1 is 0.811 bits per heavy atom. The first-order valence-corrected chi connectivity index (χ1v) is 17.9. The zero-order chi connectivity index (χ0) is 37.4. The van der Waals surface area contributed by atoms with Gasteiger partial charge in [-0.1, -0.05) is 24.3 Å². The zero-order valence-electron chi connectivity index (χ0n) is 30.1. The third kappa shape index (κ3) is 6.94. The summed E-state index contributed by atoms with van der Waals surface area (Å²) < 4.78 is 25.0. The molecule has 2 aliphatic heterocycles. The van der Waals surface area contributed by atoms with Crippen LogP contribution in [0.3, 0.4) is 0 Å². The van der Waals surface area contributed by atoms with Crippen molar-refractivity contribution in [2.24, 2.45) is 0 Å². The van der Waals surface area contributed by atoms with Gasteiger partial charge in [0.2, 0.25) is 11.8 Å². The number of halogens is 1. The number of aryl methyl sites for hydroxylation is 2. The minimum atomic E-state index is -0.766. The molecule has 4 amide bonds. The third-order valence-corrected chi connectivity index (χ3v) is 10.5. The molecule has 4 heterocycles. The van der Waals surface area contributed by atoms with E-state index < -0.39 is 30.1 Å². The van der Waals surface area contributed by atoms with Crippen LogP contribution in [0.15, 0.2) is 42.6 Å². The Hall–Kier alpha value is -5.73. The van der Waals surface area contributed by atoms with Gasteiger partial charge in [0.15, 0.2) is 0 Å². The normalized spacial score (nSPS) is 18.9. The molecule has 4 N–H and O–H groups in total. The molecule has 278 valence electrons. The average molecular weight is 727 g/mol. The average Bonchev–Trinajstić information content (AvgIpc) is 3.99. The molecular weight excluding hydrogens is 683 g/mol. The van der Waals surface area contributed by atoms with E-state index in [1.165, 1.54) is 20.3 Å². The number of benzene rings is 2. The molecule has 3 aliphatic rings. The lowest BCUT2D eigenvalue weighted by Gasteiger charge is -2.26. The molecule has 0 bridgehead atoms. The number of hydrogen-bond donors (Lipinski definition) is 4. The lowest BCUT2D eigenvalue weighted by molar-refractivity contribution is -0.134. The van der Waals surface area contributed by atoms with Crippen molar-refractivity contribution < 1.29 is 33.0 Å². The number of aromatic nitrogens is 4. The van der Waals surface area contributed by atoms with Crippen molar-refractivity contribution in [3.8, 4) is 33.6 Å². The smallest absolute Gasteiger partial charge is 0.407 e. The molecule has 2 saturated heterocycles. The molecule has 0 spiro atoms. The van der Waals surface area contributed by atoms with Gasteiger partial charge in [-0.05, 0) is 81.2 Å². The maximum Gasteiger partial charge on any atom is 0.407 e. The number of likely N-dealkylation sites (tertiary alicyclic amines) is 2. The molecule has 0 radical (unpaired) electrons. The monoisotopic (exact) mass is 726 g/mol. The Labute approximate surface area is 305 Å². The summed E-state index contributed by atoms with van der Waals surface area (Å²) in [4.78, 5) is 69.4. The Kier molecular flexibility index (Phi) is 9.90. The van der Waals surface area contributed by atoms with E-state index in [0.29, 0.717) is 36.6 Å². The lowest BCUT2D eigenvalue weighted by atomic mass is 9.89.